The van der Waals surface area contributed by atoms with Gasteiger partial charge in [0.1, 0.15) is 5.75 Å². The van der Waals surface area contributed by atoms with E-state index in [0.29, 0.717) is 5.75 Å². The van der Waals surface area contributed by atoms with Crippen LogP contribution in [-0.2, 0) is 11.2 Å². The average molecular weight is 360 g/mol. The van der Waals surface area contributed by atoms with Crippen LogP contribution in [0.1, 0.15) is 30.5 Å². The number of hydrogen-bond donors (Lipinski definition) is 1. The molecular weight excluding hydrogens is 342 g/mol. The summed E-state index contributed by atoms with van der Waals surface area (Å²) < 4.78 is 6.68. The van der Waals surface area contributed by atoms with Gasteiger partial charge < -0.3 is 10.1 Å². The number of carbonyl (C=O) groups excluding carboxylic acids is 1. The topological polar surface area (TPSA) is 38.3 Å². The van der Waals surface area contributed by atoms with Crippen molar-refractivity contribution in [3.05, 3.63) is 64.1 Å². The number of hydrogen-bond acceptors (Lipinski definition) is 2. The van der Waals surface area contributed by atoms with Gasteiger partial charge in [0, 0.05) is 4.47 Å². The second kappa shape index (κ2) is 6.53. The van der Waals surface area contributed by atoms with Gasteiger partial charge in [0.25, 0.3) is 5.91 Å². The second-order valence-electron chi connectivity index (χ2n) is 5.51. The van der Waals surface area contributed by atoms with Crippen LogP contribution in [0.2, 0.25) is 0 Å². The molecule has 4 heteroatoms. The third kappa shape index (κ3) is 3.33. The molecular formula is C18H18BrNO2. The molecule has 1 amide bonds. The molecule has 0 radical (unpaired) electrons. The maximum atomic E-state index is 12.3. The van der Waals surface area contributed by atoms with E-state index in [1.54, 1.807) is 6.92 Å². The van der Waals surface area contributed by atoms with E-state index >= 15 is 0 Å². The van der Waals surface area contributed by atoms with Crippen molar-refractivity contribution in [3.8, 4) is 5.75 Å². The minimum absolute atomic E-state index is 0.0791. The van der Waals surface area contributed by atoms with Crippen molar-refractivity contribution in [1.29, 1.82) is 0 Å². The lowest BCUT2D eigenvalue weighted by Gasteiger charge is -2.19. The Morgan fingerprint density at radius 2 is 1.95 bits per heavy atom. The summed E-state index contributed by atoms with van der Waals surface area (Å²) in [6.07, 6.45) is 1.45. The zero-order valence-electron chi connectivity index (χ0n) is 12.4. The van der Waals surface area contributed by atoms with Gasteiger partial charge in [-0.05, 0) is 55.2 Å². The lowest BCUT2D eigenvalue weighted by molar-refractivity contribution is -0.128. The Labute approximate surface area is 138 Å². The van der Waals surface area contributed by atoms with Crippen molar-refractivity contribution in [1.82, 2.24) is 5.32 Å². The first-order valence-corrected chi connectivity index (χ1v) is 8.23. The molecule has 2 aromatic rings. The highest BCUT2D eigenvalue weighted by Gasteiger charge is 2.25. The van der Waals surface area contributed by atoms with Gasteiger partial charge in [-0.3, -0.25) is 4.79 Å². The first-order chi connectivity index (χ1) is 10.6. The molecule has 0 bridgehead atoms. The zero-order chi connectivity index (χ0) is 15.5. The fraction of sp³-hybridized carbons (Fsp3) is 0.278. The van der Waals surface area contributed by atoms with Crippen LogP contribution in [0.4, 0.5) is 0 Å². The number of fused-ring (bicyclic) bond motifs is 1. The fourth-order valence-corrected chi connectivity index (χ4v) is 3.03. The molecule has 2 atom stereocenters. The Balaban J connectivity index is 1.61. The number of ether oxygens (including phenoxy) is 1. The molecule has 1 aliphatic carbocycles. The van der Waals surface area contributed by atoms with Crippen LogP contribution in [0, 0.1) is 0 Å². The molecule has 1 aliphatic rings. The van der Waals surface area contributed by atoms with Crippen LogP contribution in [0.3, 0.4) is 0 Å². The van der Waals surface area contributed by atoms with Crippen LogP contribution in [0.5, 0.6) is 5.75 Å². The van der Waals surface area contributed by atoms with Gasteiger partial charge in [-0.25, -0.2) is 0 Å². The standard InChI is InChI=1S/C18H18BrNO2/c1-12(22-15-9-7-14(19)8-10-15)18(21)20-17-11-6-13-4-2-3-5-16(13)17/h2-5,7-10,12,17H,6,11H2,1H3,(H,20,21)/t12-,17+/m0/s1. The van der Waals surface area contributed by atoms with Crippen molar-refractivity contribution in [3.63, 3.8) is 0 Å². The molecule has 0 fully saturated rings. The summed E-state index contributed by atoms with van der Waals surface area (Å²) in [5.41, 5.74) is 2.56. The molecule has 0 aliphatic heterocycles. The fourth-order valence-electron chi connectivity index (χ4n) is 2.77. The smallest absolute Gasteiger partial charge is 0.261 e. The Hall–Kier alpha value is -1.81. The van der Waals surface area contributed by atoms with Crippen LogP contribution in [0.25, 0.3) is 0 Å². The van der Waals surface area contributed by atoms with Crippen LogP contribution in [0.15, 0.2) is 53.0 Å². The zero-order valence-corrected chi connectivity index (χ0v) is 14.0. The van der Waals surface area contributed by atoms with E-state index < -0.39 is 6.10 Å². The van der Waals surface area contributed by atoms with Crippen molar-refractivity contribution in [2.75, 3.05) is 0 Å². The summed E-state index contributed by atoms with van der Waals surface area (Å²) in [5.74, 6) is 0.613. The van der Waals surface area contributed by atoms with E-state index in [1.165, 1.54) is 11.1 Å². The maximum Gasteiger partial charge on any atom is 0.261 e. The quantitative estimate of drug-likeness (QED) is 0.895. The van der Waals surface area contributed by atoms with E-state index in [9.17, 15) is 4.79 Å². The van der Waals surface area contributed by atoms with Crippen molar-refractivity contribution in [2.45, 2.75) is 31.9 Å². The van der Waals surface area contributed by atoms with Crippen LogP contribution >= 0.6 is 15.9 Å². The molecule has 1 N–H and O–H groups in total. The largest absolute Gasteiger partial charge is 0.481 e. The summed E-state index contributed by atoms with van der Waals surface area (Å²) in [7, 11) is 0. The van der Waals surface area contributed by atoms with Crippen LogP contribution < -0.4 is 10.1 Å². The number of halogens is 1. The Bertz CT molecular complexity index is 669. The molecule has 0 unspecified atom stereocenters. The Kier molecular flexibility index (Phi) is 4.48. The van der Waals surface area contributed by atoms with Gasteiger partial charge in [-0.1, -0.05) is 40.2 Å². The van der Waals surface area contributed by atoms with Gasteiger partial charge in [-0.2, -0.15) is 0 Å². The van der Waals surface area contributed by atoms with Crippen molar-refractivity contribution in [2.24, 2.45) is 0 Å². The summed E-state index contributed by atoms with van der Waals surface area (Å²) >= 11 is 3.38. The number of aryl methyl sites for hydroxylation is 1. The highest BCUT2D eigenvalue weighted by molar-refractivity contribution is 9.10. The van der Waals surface area contributed by atoms with Gasteiger partial charge in [0.2, 0.25) is 0 Å². The predicted octanol–water partition coefficient (Wildman–Crippen LogP) is 4.02. The SMILES string of the molecule is C[C@H](Oc1ccc(Br)cc1)C(=O)N[C@@H]1CCc2ccccc21. The predicted molar refractivity (Wildman–Crippen MR) is 89.9 cm³/mol. The summed E-state index contributed by atoms with van der Waals surface area (Å²) in [6.45, 7) is 1.78. The van der Waals surface area contributed by atoms with E-state index in [-0.39, 0.29) is 11.9 Å². The summed E-state index contributed by atoms with van der Waals surface area (Å²) in [5, 5.41) is 3.09. The first kappa shape index (κ1) is 15.1. The van der Waals surface area contributed by atoms with E-state index in [0.717, 1.165) is 17.3 Å². The number of benzene rings is 2. The van der Waals surface area contributed by atoms with Crippen molar-refractivity contribution < 1.29 is 9.53 Å². The second-order valence-corrected chi connectivity index (χ2v) is 6.43. The molecule has 0 saturated carbocycles. The highest BCUT2D eigenvalue weighted by Crippen LogP contribution is 2.30. The molecule has 0 heterocycles. The Morgan fingerprint density at radius 3 is 2.73 bits per heavy atom. The van der Waals surface area contributed by atoms with E-state index in [4.69, 9.17) is 4.74 Å². The summed E-state index contributed by atoms with van der Waals surface area (Å²) in [6, 6.07) is 15.9. The molecule has 0 saturated heterocycles. The molecule has 2 aromatic carbocycles. The number of nitrogens with one attached hydrogen (secondary N) is 1. The number of amides is 1. The minimum Gasteiger partial charge on any atom is -0.481 e. The third-order valence-corrected chi connectivity index (χ3v) is 4.47. The van der Waals surface area contributed by atoms with Crippen LogP contribution in [-0.4, -0.2) is 12.0 Å². The molecule has 3 nitrogen and oxygen atoms in total. The summed E-state index contributed by atoms with van der Waals surface area (Å²) in [4.78, 5) is 12.3. The van der Waals surface area contributed by atoms with E-state index in [2.05, 4.69) is 33.4 Å². The van der Waals surface area contributed by atoms with E-state index in [1.807, 2.05) is 36.4 Å². The molecule has 22 heavy (non-hydrogen) atoms. The van der Waals surface area contributed by atoms with Gasteiger partial charge in [0.05, 0.1) is 6.04 Å². The van der Waals surface area contributed by atoms with Gasteiger partial charge in [0.15, 0.2) is 6.10 Å². The number of rotatable bonds is 4. The average Bonchev–Trinajstić information content (AvgIpc) is 2.93. The van der Waals surface area contributed by atoms with Gasteiger partial charge in [-0.15, -0.1) is 0 Å². The maximum absolute atomic E-state index is 12.3. The highest BCUT2D eigenvalue weighted by atomic mass is 79.9. The van der Waals surface area contributed by atoms with Crippen molar-refractivity contribution >= 4 is 21.8 Å². The third-order valence-electron chi connectivity index (χ3n) is 3.95. The van der Waals surface area contributed by atoms with Gasteiger partial charge >= 0.3 is 0 Å². The normalized spacial score (nSPS) is 17.6. The lowest BCUT2D eigenvalue weighted by Crippen LogP contribution is -2.38. The molecule has 0 spiro atoms. The first-order valence-electron chi connectivity index (χ1n) is 7.44. The minimum atomic E-state index is -0.520. The number of carbonyl (C=O) groups is 1. The molecule has 3 rings (SSSR count). The Morgan fingerprint density at radius 1 is 1.23 bits per heavy atom. The monoisotopic (exact) mass is 359 g/mol. The lowest BCUT2D eigenvalue weighted by atomic mass is 10.1. The molecule has 114 valence electrons. The molecule has 0 aromatic heterocycles.